The highest BCUT2D eigenvalue weighted by Gasteiger charge is 2.48. The molecule has 15 heavy (non-hydrogen) atoms. The van der Waals surface area contributed by atoms with E-state index in [0.717, 1.165) is 11.4 Å². The lowest BCUT2D eigenvalue weighted by molar-refractivity contribution is -0.592. The molecule has 1 saturated heterocycles. The molecule has 0 radical (unpaired) electrons. The predicted molar refractivity (Wildman–Crippen MR) is 58.2 cm³/mol. The summed E-state index contributed by atoms with van der Waals surface area (Å²) in [6.07, 6.45) is 6.98. The second kappa shape index (κ2) is 2.78. The topological polar surface area (TPSA) is 34.0 Å². The molecule has 3 aliphatic rings. The van der Waals surface area contributed by atoms with Gasteiger partial charge in [0.2, 0.25) is 12.0 Å². The van der Waals surface area contributed by atoms with Crippen LogP contribution in [0.25, 0.3) is 0 Å². The number of aliphatic imine (C=N–C) groups is 2. The molecule has 0 aromatic heterocycles. The fourth-order valence-electron chi connectivity index (χ4n) is 1.96. The molecule has 78 valence electrons. The van der Waals surface area contributed by atoms with E-state index in [1.807, 2.05) is 0 Å². The summed E-state index contributed by atoms with van der Waals surface area (Å²) in [4.78, 5) is 8.52. The average Bonchev–Trinajstić information content (AvgIpc) is 2.52. The van der Waals surface area contributed by atoms with Gasteiger partial charge in [0.1, 0.15) is 11.9 Å². The van der Waals surface area contributed by atoms with Crippen LogP contribution in [-0.4, -0.2) is 29.8 Å². The monoisotopic (exact) mass is 224 g/mol. The second-order valence-corrected chi connectivity index (χ2v) is 4.85. The number of ether oxygens (including phenoxy) is 1. The number of quaternary nitrogens is 1. The van der Waals surface area contributed by atoms with Gasteiger partial charge < -0.3 is 4.74 Å². The third kappa shape index (κ3) is 1.16. The Hall–Kier alpha value is -0.970. The number of hydrogen-bond donors (Lipinski definition) is 0. The first kappa shape index (κ1) is 9.27. The zero-order chi connectivity index (χ0) is 10.5. The molecule has 4 nitrogen and oxygen atoms in total. The largest absolute Gasteiger partial charge is 0.379 e. The Kier molecular flexibility index (Phi) is 1.72. The number of rotatable bonds is 1. The molecule has 3 aliphatic heterocycles. The van der Waals surface area contributed by atoms with E-state index in [0.29, 0.717) is 13.2 Å². The first-order chi connectivity index (χ1) is 7.14. The van der Waals surface area contributed by atoms with Gasteiger partial charge in [-0.05, 0) is 6.92 Å². The summed E-state index contributed by atoms with van der Waals surface area (Å²) in [6.45, 7) is 3.55. The zero-order valence-electron chi connectivity index (χ0n) is 8.35. The van der Waals surface area contributed by atoms with Crippen molar-refractivity contribution in [3.63, 3.8) is 0 Å². The molecule has 0 aliphatic carbocycles. The Morgan fingerprint density at radius 1 is 1.53 bits per heavy atom. The van der Waals surface area contributed by atoms with Crippen LogP contribution < -0.4 is 0 Å². The Bertz CT molecular complexity index is 434. The fourth-order valence-corrected chi connectivity index (χ4v) is 2.18. The van der Waals surface area contributed by atoms with Crippen LogP contribution in [0.5, 0.6) is 0 Å². The van der Waals surface area contributed by atoms with Gasteiger partial charge in [-0.2, -0.15) is 4.99 Å². The number of halogens is 1. The number of allylic oxidation sites excluding steroid dienone is 1. The third-order valence-corrected chi connectivity index (χ3v) is 3.33. The van der Waals surface area contributed by atoms with Crippen LogP contribution in [0.15, 0.2) is 33.8 Å². The van der Waals surface area contributed by atoms with Gasteiger partial charge in [0, 0.05) is 0 Å². The highest BCUT2D eigenvalue weighted by atomic mass is 35.5. The summed E-state index contributed by atoms with van der Waals surface area (Å²) in [5.41, 5.74) is 1.93. The SMILES string of the molecule is CC1(C2=C3C=NC=C[N+]3(Cl)C=N2)COC1. The van der Waals surface area contributed by atoms with Crippen molar-refractivity contribution >= 4 is 24.3 Å². The Balaban J connectivity index is 2.10. The van der Waals surface area contributed by atoms with Crippen molar-refractivity contribution in [2.75, 3.05) is 13.2 Å². The molecule has 1 fully saturated rings. The molecule has 0 spiro atoms. The van der Waals surface area contributed by atoms with Crippen LogP contribution >= 0.6 is 11.8 Å². The van der Waals surface area contributed by atoms with E-state index in [-0.39, 0.29) is 9.42 Å². The lowest BCUT2D eigenvalue weighted by Crippen LogP contribution is -2.42. The Morgan fingerprint density at radius 3 is 3.00 bits per heavy atom. The van der Waals surface area contributed by atoms with E-state index < -0.39 is 0 Å². The van der Waals surface area contributed by atoms with Gasteiger partial charge >= 0.3 is 0 Å². The normalized spacial score (nSPS) is 35.6. The van der Waals surface area contributed by atoms with Crippen molar-refractivity contribution in [1.29, 1.82) is 0 Å². The quantitative estimate of drug-likeness (QED) is 0.626. The predicted octanol–water partition coefficient (Wildman–Crippen LogP) is 1.80. The number of fused-ring (bicyclic) bond motifs is 1. The van der Waals surface area contributed by atoms with Crippen LogP contribution in [0, 0.1) is 5.41 Å². The fraction of sp³-hybridized carbons (Fsp3) is 0.400. The van der Waals surface area contributed by atoms with Crippen molar-refractivity contribution in [2.45, 2.75) is 6.92 Å². The van der Waals surface area contributed by atoms with Gasteiger partial charge in [-0.1, -0.05) is 0 Å². The van der Waals surface area contributed by atoms with Gasteiger partial charge in [0.05, 0.1) is 31.0 Å². The first-order valence-corrected chi connectivity index (χ1v) is 5.15. The van der Waals surface area contributed by atoms with E-state index in [2.05, 4.69) is 16.9 Å². The molecule has 1 atom stereocenters. The molecule has 0 aromatic carbocycles. The highest BCUT2D eigenvalue weighted by molar-refractivity contribution is 6.14. The van der Waals surface area contributed by atoms with Crippen LogP contribution in [0.3, 0.4) is 0 Å². The molecule has 0 amide bonds. The summed E-state index contributed by atoms with van der Waals surface area (Å²) in [6, 6.07) is 0. The van der Waals surface area contributed by atoms with E-state index in [4.69, 9.17) is 16.5 Å². The van der Waals surface area contributed by atoms with E-state index in [1.165, 1.54) is 0 Å². The van der Waals surface area contributed by atoms with Crippen LogP contribution in [-0.2, 0) is 4.74 Å². The minimum Gasteiger partial charge on any atom is -0.379 e. The third-order valence-electron chi connectivity index (χ3n) is 2.95. The van der Waals surface area contributed by atoms with Crippen molar-refractivity contribution in [2.24, 2.45) is 15.4 Å². The standard InChI is InChI=1S/C10H11ClN3O/c1-10(5-15-6-10)9-8-4-12-2-3-14(8,11)7-13-9/h2-4,7H,5-6H2,1H3/q+1. The van der Waals surface area contributed by atoms with E-state index in [1.54, 1.807) is 25.0 Å². The van der Waals surface area contributed by atoms with Gasteiger partial charge in [0.25, 0.3) is 0 Å². The van der Waals surface area contributed by atoms with Crippen LogP contribution in [0.2, 0.25) is 0 Å². The summed E-state index contributed by atoms with van der Waals surface area (Å²) in [7, 11) is 0. The van der Waals surface area contributed by atoms with Crippen molar-refractivity contribution in [1.82, 2.24) is 0 Å². The first-order valence-electron chi connectivity index (χ1n) is 4.81. The van der Waals surface area contributed by atoms with Gasteiger partial charge in [-0.15, -0.1) is 4.00 Å². The molecule has 3 heterocycles. The maximum atomic E-state index is 6.37. The number of hydrogen-bond acceptors (Lipinski definition) is 3. The maximum Gasteiger partial charge on any atom is 0.218 e. The van der Waals surface area contributed by atoms with Gasteiger partial charge in [-0.25, -0.2) is 0 Å². The zero-order valence-corrected chi connectivity index (χ0v) is 9.11. The van der Waals surface area contributed by atoms with E-state index >= 15 is 0 Å². The minimum atomic E-state index is -0.00206. The van der Waals surface area contributed by atoms with Gasteiger partial charge in [0.15, 0.2) is 11.8 Å². The summed E-state index contributed by atoms with van der Waals surface area (Å²) < 4.78 is 5.35. The van der Waals surface area contributed by atoms with Crippen molar-refractivity contribution < 1.29 is 8.74 Å². The lowest BCUT2D eigenvalue weighted by Gasteiger charge is -2.37. The molecular formula is C10H11ClN3O+. The number of nitrogens with zero attached hydrogens (tertiary/aromatic N) is 3. The molecule has 0 saturated carbocycles. The van der Waals surface area contributed by atoms with Crippen LogP contribution in [0.4, 0.5) is 0 Å². The Labute approximate surface area is 92.9 Å². The van der Waals surface area contributed by atoms with Crippen molar-refractivity contribution in [3.8, 4) is 0 Å². The maximum absolute atomic E-state index is 6.37. The average molecular weight is 225 g/mol. The summed E-state index contributed by atoms with van der Waals surface area (Å²) in [5, 5.41) is 0. The summed E-state index contributed by atoms with van der Waals surface area (Å²) in [5.74, 6) is 0. The minimum absolute atomic E-state index is 0.00206. The van der Waals surface area contributed by atoms with Gasteiger partial charge in [-0.3, -0.25) is 4.99 Å². The molecule has 1 unspecified atom stereocenters. The molecule has 0 N–H and O–H groups in total. The lowest BCUT2D eigenvalue weighted by atomic mass is 9.84. The van der Waals surface area contributed by atoms with E-state index in [9.17, 15) is 0 Å². The second-order valence-electron chi connectivity index (χ2n) is 4.30. The molecule has 0 bridgehead atoms. The smallest absolute Gasteiger partial charge is 0.218 e. The summed E-state index contributed by atoms with van der Waals surface area (Å²) >= 11 is 6.37. The molecular weight excluding hydrogens is 214 g/mol. The molecule has 3 rings (SSSR count). The van der Waals surface area contributed by atoms with Crippen molar-refractivity contribution in [3.05, 3.63) is 23.8 Å². The van der Waals surface area contributed by atoms with Crippen LogP contribution in [0.1, 0.15) is 6.92 Å². The highest BCUT2D eigenvalue weighted by Crippen LogP contribution is 2.43. The molecule has 5 heteroatoms. The Morgan fingerprint density at radius 2 is 2.33 bits per heavy atom. The molecule has 0 aromatic rings.